The van der Waals surface area contributed by atoms with Gasteiger partial charge in [0.1, 0.15) is 11.3 Å². The van der Waals surface area contributed by atoms with Gasteiger partial charge < -0.3 is 19.3 Å². The van der Waals surface area contributed by atoms with E-state index in [0.29, 0.717) is 32.0 Å². The molecule has 23 heavy (non-hydrogen) atoms. The molecule has 3 rings (SSSR count). The maximum Gasteiger partial charge on any atom is 0.273 e. The van der Waals surface area contributed by atoms with E-state index < -0.39 is 0 Å². The molecule has 3 heterocycles. The zero-order valence-corrected chi connectivity index (χ0v) is 14.9. The van der Waals surface area contributed by atoms with E-state index in [2.05, 4.69) is 24.0 Å². The van der Waals surface area contributed by atoms with Gasteiger partial charge in [0.2, 0.25) is 0 Å². The van der Waals surface area contributed by atoms with Crippen molar-refractivity contribution in [2.75, 3.05) is 46.9 Å². The Bertz CT molecular complexity index is 563. The van der Waals surface area contributed by atoms with Crippen LogP contribution in [0.5, 0.6) is 0 Å². The summed E-state index contributed by atoms with van der Waals surface area (Å²) in [6, 6.07) is 0. The van der Waals surface area contributed by atoms with Crippen LogP contribution in [0, 0.1) is 6.92 Å². The number of aromatic nitrogens is 1. The summed E-state index contributed by atoms with van der Waals surface area (Å²) in [5.41, 5.74) is 0.171. The fraction of sp³-hybridized carbons (Fsp3) is 0.750. The van der Waals surface area contributed by atoms with Crippen LogP contribution in [-0.2, 0) is 9.47 Å². The van der Waals surface area contributed by atoms with Gasteiger partial charge in [-0.05, 0) is 33.9 Å². The molecule has 2 aliphatic heterocycles. The largest absolute Gasteiger partial charge is 0.377 e. The third-order valence-corrected chi connectivity index (χ3v) is 5.16. The fourth-order valence-corrected chi connectivity index (χ4v) is 3.94. The van der Waals surface area contributed by atoms with Gasteiger partial charge in [-0.15, -0.1) is 11.3 Å². The van der Waals surface area contributed by atoms with Gasteiger partial charge in [0, 0.05) is 18.5 Å². The summed E-state index contributed by atoms with van der Waals surface area (Å²) >= 11 is 1.51. The van der Waals surface area contributed by atoms with Gasteiger partial charge in [0.15, 0.2) is 0 Å². The van der Waals surface area contributed by atoms with Gasteiger partial charge in [0.25, 0.3) is 5.91 Å². The Labute approximate surface area is 141 Å². The van der Waals surface area contributed by atoms with Crippen LogP contribution in [0.2, 0.25) is 0 Å². The summed E-state index contributed by atoms with van der Waals surface area (Å²) in [5.74, 6) is -0.0149. The summed E-state index contributed by atoms with van der Waals surface area (Å²) < 4.78 is 12.1. The Morgan fingerprint density at radius 2 is 2.39 bits per heavy atom. The molecule has 0 bridgehead atoms. The highest BCUT2D eigenvalue weighted by molar-refractivity contribution is 7.09. The zero-order chi connectivity index (χ0) is 16.4. The van der Waals surface area contributed by atoms with Crippen LogP contribution in [0.15, 0.2) is 5.38 Å². The van der Waals surface area contributed by atoms with Gasteiger partial charge in [0.05, 0.1) is 30.9 Å². The molecule has 0 saturated carbocycles. The molecular weight excluding hydrogens is 314 g/mol. The molecule has 7 heteroatoms. The second-order valence-electron chi connectivity index (χ2n) is 6.75. The van der Waals surface area contributed by atoms with E-state index in [1.807, 2.05) is 17.2 Å². The molecule has 0 aliphatic carbocycles. The van der Waals surface area contributed by atoms with Crippen molar-refractivity contribution in [2.45, 2.75) is 31.5 Å². The van der Waals surface area contributed by atoms with Crippen LogP contribution in [0.25, 0.3) is 0 Å². The predicted molar refractivity (Wildman–Crippen MR) is 89.0 cm³/mol. The number of thiazole rings is 1. The summed E-state index contributed by atoms with van der Waals surface area (Å²) in [6.45, 7) is 5.13. The molecule has 2 aliphatic rings. The highest BCUT2D eigenvalue weighted by atomic mass is 32.1. The van der Waals surface area contributed by atoms with Crippen molar-refractivity contribution >= 4 is 17.2 Å². The lowest BCUT2D eigenvalue weighted by atomic mass is 10.00. The van der Waals surface area contributed by atoms with Crippen molar-refractivity contribution in [3.8, 4) is 0 Å². The van der Waals surface area contributed by atoms with Crippen LogP contribution in [0.4, 0.5) is 0 Å². The lowest BCUT2D eigenvalue weighted by Gasteiger charge is -2.32. The average Bonchev–Trinajstić information content (AvgIpc) is 3.01. The zero-order valence-electron chi connectivity index (χ0n) is 14.1. The molecule has 2 atom stereocenters. The summed E-state index contributed by atoms with van der Waals surface area (Å²) in [6.07, 6.45) is 2.16. The number of ether oxygens (including phenoxy) is 2. The minimum atomic E-state index is -0.363. The first kappa shape index (κ1) is 16.8. The second kappa shape index (κ2) is 6.84. The van der Waals surface area contributed by atoms with E-state index in [1.54, 1.807) is 0 Å². The third-order valence-electron chi connectivity index (χ3n) is 4.38. The highest BCUT2D eigenvalue weighted by Crippen LogP contribution is 2.33. The van der Waals surface area contributed by atoms with E-state index in [1.165, 1.54) is 11.3 Å². The van der Waals surface area contributed by atoms with Crippen molar-refractivity contribution in [1.29, 1.82) is 0 Å². The average molecular weight is 339 g/mol. The minimum absolute atomic E-state index is 0.0149. The quantitative estimate of drug-likeness (QED) is 0.833. The molecule has 1 aromatic heterocycles. The molecule has 6 nitrogen and oxygen atoms in total. The number of rotatable bonds is 3. The number of hydrogen-bond acceptors (Lipinski definition) is 6. The van der Waals surface area contributed by atoms with Crippen LogP contribution in [0.3, 0.4) is 0 Å². The number of carbonyl (C=O) groups excluding carboxylic acids is 1. The normalized spacial score (nSPS) is 28.5. The molecule has 2 saturated heterocycles. The first-order valence-electron chi connectivity index (χ1n) is 8.09. The Hall–Kier alpha value is -1.02. The van der Waals surface area contributed by atoms with Gasteiger partial charge in [-0.1, -0.05) is 0 Å². The van der Waals surface area contributed by atoms with E-state index in [0.717, 1.165) is 24.4 Å². The Morgan fingerprint density at radius 3 is 3.09 bits per heavy atom. The molecule has 0 radical (unpaired) electrons. The van der Waals surface area contributed by atoms with Crippen molar-refractivity contribution in [1.82, 2.24) is 14.8 Å². The number of aryl methyl sites for hydroxylation is 1. The monoisotopic (exact) mass is 339 g/mol. The maximum absolute atomic E-state index is 12.7. The summed E-state index contributed by atoms with van der Waals surface area (Å²) in [4.78, 5) is 21.0. The summed E-state index contributed by atoms with van der Waals surface area (Å²) in [7, 11) is 4.11. The predicted octanol–water partition coefficient (Wildman–Crippen LogP) is 1.40. The lowest BCUT2D eigenvalue weighted by Crippen LogP contribution is -2.47. The van der Waals surface area contributed by atoms with Crippen molar-refractivity contribution in [2.24, 2.45) is 0 Å². The van der Waals surface area contributed by atoms with Crippen LogP contribution < -0.4 is 0 Å². The van der Waals surface area contributed by atoms with Crippen molar-refractivity contribution in [3.63, 3.8) is 0 Å². The molecule has 2 unspecified atom stereocenters. The van der Waals surface area contributed by atoms with Crippen LogP contribution >= 0.6 is 11.3 Å². The fourth-order valence-electron chi connectivity index (χ4n) is 3.36. The SMILES string of the molecule is Cc1nc(C(=O)N2CCOCC3(CCC(CN(C)C)O3)C2)cs1. The van der Waals surface area contributed by atoms with Gasteiger partial charge in [-0.2, -0.15) is 0 Å². The van der Waals surface area contributed by atoms with E-state index in [9.17, 15) is 4.79 Å². The number of carbonyl (C=O) groups is 1. The molecule has 0 N–H and O–H groups in total. The lowest BCUT2D eigenvalue weighted by molar-refractivity contribution is -0.0878. The van der Waals surface area contributed by atoms with Gasteiger partial charge in [-0.3, -0.25) is 4.79 Å². The number of amides is 1. The molecule has 128 valence electrons. The van der Waals surface area contributed by atoms with Crippen molar-refractivity contribution in [3.05, 3.63) is 16.1 Å². The molecule has 1 aromatic rings. The second-order valence-corrected chi connectivity index (χ2v) is 7.82. The Morgan fingerprint density at radius 1 is 1.57 bits per heavy atom. The molecule has 2 fully saturated rings. The number of hydrogen-bond donors (Lipinski definition) is 0. The number of likely N-dealkylation sites (N-methyl/N-ethyl adjacent to an activating group) is 1. The first-order valence-corrected chi connectivity index (χ1v) is 8.97. The van der Waals surface area contributed by atoms with Crippen LogP contribution in [-0.4, -0.2) is 79.3 Å². The molecule has 1 amide bonds. The Balaban J connectivity index is 1.70. The number of nitrogens with zero attached hydrogens (tertiary/aromatic N) is 3. The van der Waals surface area contributed by atoms with E-state index in [-0.39, 0.29) is 17.6 Å². The third kappa shape index (κ3) is 3.91. The van der Waals surface area contributed by atoms with Crippen molar-refractivity contribution < 1.29 is 14.3 Å². The first-order chi connectivity index (χ1) is 11.0. The maximum atomic E-state index is 12.7. The van der Waals surface area contributed by atoms with Gasteiger partial charge >= 0.3 is 0 Å². The molecule has 0 aromatic carbocycles. The minimum Gasteiger partial charge on any atom is -0.377 e. The van der Waals surface area contributed by atoms with Gasteiger partial charge in [-0.25, -0.2) is 4.98 Å². The standard InChI is InChI=1S/C16H25N3O3S/c1-12-17-14(9-23-12)15(20)19-6-7-21-11-16(10-19)5-4-13(22-16)8-18(2)3/h9,13H,4-8,10-11H2,1-3H3. The summed E-state index contributed by atoms with van der Waals surface area (Å²) in [5, 5.41) is 2.75. The smallest absolute Gasteiger partial charge is 0.273 e. The Kier molecular flexibility index (Phi) is 5.01. The molecular formula is C16H25N3O3S. The van der Waals surface area contributed by atoms with E-state index >= 15 is 0 Å². The van der Waals surface area contributed by atoms with Crippen LogP contribution in [0.1, 0.15) is 28.3 Å². The molecule has 1 spiro atoms. The highest BCUT2D eigenvalue weighted by Gasteiger charge is 2.44. The van der Waals surface area contributed by atoms with E-state index in [4.69, 9.17) is 9.47 Å². The topological polar surface area (TPSA) is 54.9 Å².